The van der Waals surface area contributed by atoms with Crippen molar-refractivity contribution in [2.45, 2.75) is 49.7 Å². The van der Waals surface area contributed by atoms with Crippen LogP contribution in [0.4, 0.5) is 0 Å². The third kappa shape index (κ3) is 2.79. The van der Waals surface area contributed by atoms with E-state index in [4.69, 9.17) is 9.73 Å². The Morgan fingerprint density at radius 1 is 1.23 bits per heavy atom. The highest BCUT2D eigenvalue weighted by molar-refractivity contribution is 6.15. The first-order chi connectivity index (χ1) is 14.4. The zero-order valence-corrected chi connectivity index (χ0v) is 17.4. The third-order valence-corrected chi connectivity index (χ3v) is 7.55. The minimum atomic E-state index is -0.134. The van der Waals surface area contributed by atoms with Gasteiger partial charge >= 0.3 is 0 Å². The van der Waals surface area contributed by atoms with E-state index in [9.17, 15) is 4.79 Å². The van der Waals surface area contributed by atoms with Gasteiger partial charge in [0.25, 0.3) is 5.91 Å². The topological polar surface area (TPSA) is 80.5 Å². The summed E-state index contributed by atoms with van der Waals surface area (Å²) in [5.74, 6) is 1.83. The van der Waals surface area contributed by atoms with Gasteiger partial charge in [-0.25, -0.2) is 9.98 Å². The van der Waals surface area contributed by atoms with Gasteiger partial charge in [0.2, 0.25) is 5.96 Å². The molecule has 7 rings (SSSR count). The molecular formula is C23H27N5O2. The summed E-state index contributed by atoms with van der Waals surface area (Å²) in [5.41, 5.74) is 3.33. The van der Waals surface area contributed by atoms with E-state index in [-0.39, 0.29) is 17.0 Å². The zero-order valence-electron chi connectivity index (χ0n) is 17.4. The minimum absolute atomic E-state index is 0.0199. The van der Waals surface area contributed by atoms with Crippen LogP contribution in [0.25, 0.3) is 17.1 Å². The standard InChI is InChI=1S/C23H27N5O2/c1-28-13-24-17-4-3-14(7-19(17)28)6-18-20(29)26-21(25-18)27-22-8-15-5-16(9-22)11-23(10-15,12-22)30-2/h3-4,6-7,13,15-16H,5,8-12H2,1-2H3,(H2,25,26,27,29)/b18-6-. The van der Waals surface area contributed by atoms with Gasteiger partial charge in [-0.05, 0) is 67.7 Å². The number of amides is 1. The molecule has 4 bridgehead atoms. The Bertz CT molecular complexity index is 1100. The maximum atomic E-state index is 12.6. The highest BCUT2D eigenvalue weighted by Crippen LogP contribution is 2.60. The fourth-order valence-electron chi connectivity index (χ4n) is 6.69. The molecule has 2 aromatic rings. The lowest BCUT2D eigenvalue weighted by atomic mass is 9.51. The molecule has 30 heavy (non-hydrogen) atoms. The van der Waals surface area contributed by atoms with E-state index in [1.165, 1.54) is 6.42 Å². The highest BCUT2D eigenvalue weighted by Gasteiger charge is 2.58. The lowest BCUT2D eigenvalue weighted by molar-refractivity contribution is -0.152. The number of aromatic nitrogens is 2. The van der Waals surface area contributed by atoms with Gasteiger partial charge in [0, 0.05) is 20.6 Å². The summed E-state index contributed by atoms with van der Waals surface area (Å²) >= 11 is 0. The van der Waals surface area contributed by atoms with Crippen molar-refractivity contribution in [3.63, 3.8) is 0 Å². The summed E-state index contributed by atoms with van der Waals surface area (Å²) in [6, 6.07) is 6.00. The number of nitrogens with one attached hydrogen (secondary N) is 2. The Hall–Kier alpha value is -2.67. The average molecular weight is 406 g/mol. The van der Waals surface area contributed by atoms with E-state index in [1.807, 2.05) is 43.0 Å². The number of carbonyl (C=O) groups is 1. The third-order valence-electron chi connectivity index (χ3n) is 7.55. The molecule has 2 unspecified atom stereocenters. The van der Waals surface area contributed by atoms with Crippen LogP contribution in [0.3, 0.4) is 0 Å². The van der Waals surface area contributed by atoms with Crippen molar-refractivity contribution < 1.29 is 9.53 Å². The molecule has 1 aliphatic heterocycles. The van der Waals surface area contributed by atoms with Crippen LogP contribution in [-0.2, 0) is 16.6 Å². The molecule has 1 aromatic heterocycles. The van der Waals surface area contributed by atoms with Gasteiger partial charge in [0.15, 0.2) is 0 Å². The van der Waals surface area contributed by atoms with E-state index in [2.05, 4.69) is 15.6 Å². The highest BCUT2D eigenvalue weighted by atomic mass is 16.5. The molecule has 4 aliphatic carbocycles. The Labute approximate surface area is 175 Å². The molecule has 7 nitrogen and oxygen atoms in total. The molecule has 0 spiro atoms. The summed E-state index contributed by atoms with van der Waals surface area (Å²) in [7, 11) is 3.82. The van der Waals surface area contributed by atoms with E-state index in [0.29, 0.717) is 23.5 Å². The van der Waals surface area contributed by atoms with Gasteiger partial charge < -0.3 is 14.6 Å². The van der Waals surface area contributed by atoms with Crippen LogP contribution in [0, 0.1) is 11.8 Å². The number of hydrogen-bond acceptors (Lipinski definition) is 4. The SMILES string of the molecule is COC12CC3CC(CC(N=C4NC(=O)/C(=C/c5ccc6ncn(C)c6c5)N4)(C3)C1)C2. The molecule has 2 heterocycles. The molecular weight excluding hydrogens is 378 g/mol. The second-order valence-electron chi connectivity index (χ2n) is 9.77. The Balaban J connectivity index is 1.28. The molecule has 1 amide bonds. The summed E-state index contributed by atoms with van der Waals surface area (Å²) in [6.07, 6.45) is 10.5. The fourth-order valence-corrected chi connectivity index (χ4v) is 6.69. The zero-order chi connectivity index (χ0) is 20.5. The number of aliphatic imine (C=N–C) groups is 1. The van der Waals surface area contributed by atoms with Crippen LogP contribution in [0.2, 0.25) is 0 Å². The maximum Gasteiger partial charge on any atom is 0.274 e. The first kappa shape index (κ1) is 18.1. The Kier molecular flexibility index (Phi) is 3.73. The predicted molar refractivity (Wildman–Crippen MR) is 115 cm³/mol. The number of nitrogens with zero attached hydrogens (tertiary/aromatic N) is 3. The normalized spacial score (nSPS) is 37.3. The predicted octanol–water partition coefficient (Wildman–Crippen LogP) is 2.73. The first-order valence-electron chi connectivity index (χ1n) is 10.8. The van der Waals surface area contributed by atoms with Crippen LogP contribution < -0.4 is 10.6 Å². The number of imidazole rings is 1. The van der Waals surface area contributed by atoms with Gasteiger partial charge in [0.1, 0.15) is 5.70 Å². The van der Waals surface area contributed by atoms with Crippen LogP contribution in [0.1, 0.15) is 44.1 Å². The molecule has 5 aliphatic rings. The van der Waals surface area contributed by atoms with E-state index < -0.39 is 0 Å². The molecule has 2 atom stereocenters. The average Bonchev–Trinajstić information content (AvgIpc) is 3.22. The number of guanidine groups is 1. The summed E-state index contributed by atoms with van der Waals surface area (Å²) in [5, 5.41) is 6.19. The minimum Gasteiger partial charge on any atom is -0.378 e. The number of carbonyl (C=O) groups excluding carboxylic acids is 1. The molecule has 1 aromatic carbocycles. The van der Waals surface area contributed by atoms with E-state index in [0.717, 1.165) is 48.7 Å². The molecule has 2 N–H and O–H groups in total. The molecule has 1 saturated heterocycles. The monoisotopic (exact) mass is 405 g/mol. The number of aryl methyl sites for hydroxylation is 1. The van der Waals surface area contributed by atoms with Gasteiger partial charge in [0.05, 0.1) is 28.5 Å². The number of methoxy groups -OCH3 is 1. The largest absolute Gasteiger partial charge is 0.378 e. The lowest BCUT2D eigenvalue weighted by Gasteiger charge is -2.59. The summed E-state index contributed by atoms with van der Waals surface area (Å²) in [6.45, 7) is 0. The fraction of sp³-hybridized carbons (Fsp3) is 0.522. The number of hydrogen-bond donors (Lipinski definition) is 2. The van der Waals surface area contributed by atoms with E-state index >= 15 is 0 Å². The van der Waals surface area contributed by atoms with Gasteiger partial charge in [-0.1, -0.05) is 6.07 Å². The second kappa shape index (κ2) is 6.17. The number of benzene rings is 1. The van der Waals surface area contributed by atoms with Crippen LogP contribution in [0.5, 0.6) is 0 Å². The second-order valence-corrected chi connectivity index (χ2v) is 9.77. The Morgan fingerprint density at radius 2 is 2.03 bits per heavy atom. The molecule has 5 fully saturated rings. The number of fused-ring (bicyclic) bond motifs is 1. The number of ether oxygens (including phenoxy) is 1. The molecule has 156 valence electrons. The maximum absolute atomic E-state index is 12.6. The van der Waals surface area contributed by atoms with Crippen molar-refractivity contribution >= 4 is 29.0 Å². The van der Waals surface area contributed by atoms with Gasteiger partial charge in [-0.15, -0.1) is 0 Å². The van der Waals surface area contributed by atoms with Crippen molar-refractivity contribution in [2.75, 3.05) is 7.11 Å². The van der Waals surface area contributed by atoms with Crippen molar-refractivity contribution in [3.05, 3.63) is 35.8 Å². The quantitative estimate of drug-likeness (QED) is 0.770. The lowest BCUT2D eigenvalue weighted by Crippen LogP contribution is -2.59. The van der Waals surface area contributed by atoms with Crippen LogP contribution >= 0.6 is 0 Å². The van der Waals surface area contributed by atoms with Crippen molar-refractivity contribution in [2.24, 2.45) is 23.9 Å². The summed E-state index contributed by atoms with van der Waals surface area (Å²) < 4.78 is 7.98. The van der Waals surface area contributed by atoms with Crippen molar-refractivity contribution in [1.82, 2.24) is 20.2 Å². The summed E-state index contributed by atoms with van der Waals surface area (Å²) in [4.78, 5) is 22.1. The Morgan fingerprint density at radius 3 is 2.80 bits per heavy atom. The molecule has 4 saturated carbocycles. The molecule has 0 radical (unpaired) electrons. The van der Waals surface area contributed by atoms with E-state index in [1.54, 1.807) is 6.33 Å². The molecule has 7 heteroatoms. The smallest absolute Gasteiger partial charge is 0.274 e. The number of rotatable bonds is 3. The van der Waals surface area contributed by atoms with Crippen molar-refractivity contribution in [3.8, 4) is 0 Å². The van der Waals surface area contributed by atoms with Gasteiger partial charge in [-0.2, -0.15) is 0 Å². The van der Waals surface area contributed by atoms with Crippen LogP contribution in [-0.4, -0.2) is 39.7 Å². The first-order valence-corrected chi connectivity index (χ1v) is 10.8. The van der Waals surface area contributed by atoms with Gasteiger partial charge in [-0.3, -0.25) is 10.1 Å². The van der Waals surface area contributed by atoms with Crippen LogP contribution in [0.15, 0.2) is 35.2 Å². The van der Waals surface area contributed by atoms with Crippen molar-refractivity contribution in [1.29, 1.82) is 0 Å².